The highest BCUT2D eigenvalue weighted by molar-refractivity contribution is 9.10. The van der Waals surface area contributed by atoms with Gasteiger partial charge >= 0.3 is 0 Å². The van der Waals surface area contributed by atoms with Crippen LogP contribution >= 0.6 is 15.9 Å². The Bertz CT molecular complexity index is 394. The van der Waals surface area contributed by atoms with Gasteiger partial charge in [0.05, 0.1) is 13.7 Å². The molecule has 0 unspecified atom stereocenters. The van der Waals surface area contributed by atoms with E-state index in [-0.39, 0.29) is 11.9 Å². The van der Waals surface area contributed by atoms with Gasteiger partial charge in [-0.05, 0) is 12.1 Å². The molecule has 1 rings (SSSR count). The third-order valence-corrected chi connectivity index (χ3v) is 2.52. The zero-order valence-corrected chi connectivity index (χ0v) is 11.8. The van der Waals surface area contributed by atoms with Crippen molar-refractivity contribution in [1.82, 2.24) is 5.32 Å². The minimum atomic E-state index is -0.0705. The fraction of sp³-hybridized carbons (Fsp3) is 0.417. The summed E-state index contributed by atoms with van der Waals surface area (Å²) in [4.78, 5) is 11.6. The summed E-state index contributed by atoms with van der Waals surface area (Å²) in [5, 5.41) is 5.86. The van der Waals surface area contributed by atoms with Gasteiger partial charge in [0, 0.05) is 22.3 Å². The van der Waals surface area contributed by atoms with Crippen LogP contribution in [0.5, 0.6) is 5.75 Å². The minimum absolute atomic E-state index is 0.0705. The summed E-state index contributed by atoms with van der Waals surface area (Å²) >= 11 is 3.36. The maximum atomic E-state index is 11.6. The number of ether oxygens (including phenoxy) is 1. The van der Waals surface area contributed by atoms with Gasteiger partial charge in [-0.2, -0.15) is 0 Å². The fourth-order valence-corrected chi connectivity index (χ4v) is 1.73. The number of halogens is 1. The molecule has 0 aromatic heterocycles. The summed E-state index contributed by atoms with van der Waals surface area (Å²) in [6, 6.07) is 5.73. The quantitative estimate of drug-likeness (QED) is 0.878. The molecule has 4 nitrogen and oxygen atoms in total. The fourth-order valence-electron chi connectivity index (χ4n) is 1.25. The van der Waals surface area contributed by atoms with E-state index in [0.717, 1.165) is 4.47 Å². The van der Waals surface area contributed by atoms with Gasteiger partial charge in [0.15, 0.2) is 0 Å². The molecule has 0 aliphatic rings. The van der Waals surface area contributed by atoms with Crippen molar-refractivity contribution in [2.45, 2.75) is 19.9 Å². The van der Waals surface area contributed by atoms with Crippen LogP contribution in [-0.4, -0.2) is 25.6 Å². The van der Waals surface area contributed by atoms with Crippen molar-refractivity contribution < 1.29 is 9.53 Å². The molecule has 5 heteroatoms. The Morgan fingerprint density at radius 3 is 2.71 bits per heavy atom. The summed E-state index contributed by atoms with van der Waals surface area (Å²) in [5.74, 6) is 0.630. The van der Waals surface area contributed by atoms with Crippen LogP contribution in [0.2, 0.25) is 0 Å². The summed E-state index contributed by atoms with van der Waals surface area (Å²) in [5.41, 5.74) is 0.715. The van der Waals surface area contributed by atoms with Crippen LogP contribution in [0, 0.1) is 0 Å². The summed E-state index contributed by atoms with van der Waals surface area (Å²) < 4.78 is 5.98. The molecule has 0 aliphatic carbocycles. The van der Waals surface area contributed by atoms with Crippen molar-refractivity contribution in [3.05, 3.63) is 22.7 Å². The van der Waals surface area contributed by atoms with E-state index < -0.39 is 0 Å². The van der Waals surface area contributed by atoms with Crippen LogP contribution in [0.4, 0.5) is 5.69 Å². The highest BCUT2D eigenvalue weighted by Gasteiger charge is 2.05. The Kier molecular flexibility index (Phi) is 5.44. The van der Waals surface area contributed by atoms with Gasteiger partial charge in [-0.25, -0.2) is 0 Å². The largest absolute Gasteiger partial charge is 0.497 e. The molecule has 17 heavy (non-hydrogen) atoms. The average molecular weight is 301 g/mol. The number of nitrogens with one attached hydrogen (secondary N) is 2. The topological polar surface area (TPSA) is 50.4 Å². The van der Waals surface area contributed by atoms with Crippen LogP contribution in [0.1, 0.15) is 13.8 Å². The van der Waals surface area contributed by atoms with Crippen LogP contribution in [-0.2, 0) is 4.79 Å². The number of benzene rings is 1. The lowest BCUT2D eigenvalue weighted by Gasteiger charge is -2.10. The predicted octanol–water partition coefficient (Wildman–Crippen LogP) is 2.39. The molecule has 1 aromatic rings. The molecule has 2 N–H and O–H groups in total. The van der Waals surface area contributed by atoms with E-state index >= 15 is 0 Å². The van der Waals surface area contributed by atoms with Gasteiger partial charge in [-0.3, -0.25) is 4.79 Å². The van der Waals surface area contributed by atoms with Gasteiger partial charge in [-0.1, -0.05) is 29.8 Å². The molecule has 0 saturated carbocycles. The molecular weight excluding hydrogens is 284 g/mol. The number of carbonyl (C=O) groups is 1. The first-order chi connectivity index (χ1) is 8.01. The van der Waals surface area contributed by atoms with E-state index in [1.807, 2.05) is 26.0 Å². The second kappa shape index (κ2) is 6.61. The lowest BCUT2D eigenvalue weighted by atomic mass is 10.3. The Morgan fingerprint density at radius 2 is 2.12 bits per heavy atom. The number of rotatable bonds is 5. The van der Waals surface area contributed by atoms with Crippen molar-refractivity contribution in [2.75, 3.05) is 19.0 Å². The molecular formula is C12H17BrN2O2. The van der Waals surface area contributed by atoms with Gasteiger partial charge in [0.2, 0.25) is 5.91 Å². The van der Waals surface area contributed by atoms with Crippen LogP contribution < -0.4 is 15.4 Å². The number of methoxy groups -OCH3 is 1. The highest BCUT2D eigenvalue weighted by atomic mass is 79.9. The zero-order chi connectivity index (χ0) is 12.8. The first-order valence-corrected chi connectivity index (χ1v) is 6.18. The maximum absolute atomic E-state index is 11.6. The Balaban J connectivity index is 2.61. The summed E-state index contributed by atoms with van der Waals surface area (Å²) in [6.45, 7) is 4.29. The third-order valence-electron chi connectivity index (χ3n) is 2.06. The van der Waals surface area contributed by atoms with Gasteiger partial charge < -0.3 is 15.4 Å². The van der Waals surface area contributed by atoms with E-state index in [1.54, 1.807) is 13.2 Å². The number of amides is 1. The molecule has 0 heterocycles. The Hall–Kier alpha value is -1.07. The van der Waals surface area contributed by atoms with Gasteiger partial charge in [0.1, 0.15) is 5.75 Å². The summed E-state index contributed by atoms with van der Waals surface area (Å²) in [7, 11) is 1.59. The molecule has 0 bridgehead atoms. The molecule has 0 spiro atoms. The number of carbonyl (C=O) groups excluding carboxylic acids is 1. The minimum Gasteiger partial charge on any atom is -0.497 e. The second-order valence-electron chi connectivity index (χ2n) is 3.96. The molecule has 0 aliphatic heterocycles. The number of anilines is 1. The van der Waals surface area contributed by atoms with Crippen molar-refractivity contribution in [3.63, 3.8) is 0 Å². The maximum Gasteiger partial charge on any atom is 0.238 e. The molecule has 0 radical (unpaired) electrons. The lowest BCUT2D eigenvalue weighted by molar-refractivity contribution is -0.115. The first kappa shape index (κ1) is 14.0. The normalized spacial score (nSPS) is 10.4. The van der Waals surface area contributed by atoms with Crippen LogP contribution in [0.15, 0.2) is 22.7 Å². The van der Waals surface area contributed by atoms with Crippen molar-refractivity contribution >= 4 is 27.5 Å². The van der Waals surface area contributed by atoms with E-state index in [0.29, 0.717) is 18.0 Å². The van der Waals surface area contributed by atoms with Gasteiger partial charge in [-0.15, -0.1) is 0 Å². The van der Waals surface area contributed by atoms with Crippen LogP contribution in [0.3, 0.4) is 0 Å². The van der Waals surface area contributed by atoms with E-state index in [4.69, 9.17) is 4.74 Å². The summed E-state index contributed by atoms with van der Waals surface area (Å²) in [6.07, 6.45) is 0. The molecule has 0 atom stereocenters. The molecule has 0 saturated heterocycles. The van der Waals surface area contributed by atoms with Gasteiger partial charge in [0.25, 0.3) is 0 Å². The molecule has 1 amide bonds. The Labute approximate surface area is 110 Å². The van der Waals surface area contributed by atoms with E-state index in [2.05, 4.69) is 26.6 Å². The highest BCUT2D eigenvalue weighted by Crippen LogP contribution is 2.24. The second-order valence-corrected chi connectivity index (χ2v) is 4.88. The van der Waals surface area contributed by atoms with Crippen LogP contribution in [0.25, 0.3) is 0 Å². The van der Waals surface area contributed by atoms with E-state index in [1.165, 1.54) is 0 Å². The van der Waals surface area contributed by atoms with E-state index in [9.17, 15) is 4.79 Å². The monoisotopic (exact) mass is 300 g/mol. The molecule has 1 aromatic carbocycles. The first-order valence-electron chi connectivity index (χ1n) is 5.39. The lowest BCUT2D eigenvalue weighted by Crippen LogP contribution is -2.32. The standard InChI is InChI=1S/C12H17BrN2O2/c1-8(2)14-7-12(16)15-10-4-9(13)5-11(6-10)17-3/h4-6,8,14H,7H2,1-3H3,(H,15,16). The van der Waals surface area contributed by atoms with Crippen molar-refractivity contribution in [3.8, 4) is 5.75 Å². The Morgan fingerprint density at radius 1 is 1.41 bits per heavy atom. The number of hydrogen-bond donors (Lipinski definition) is 2. The third kappa shape index (κ3) is 5.19. The van der Waals surface area contributed by atoms with Crippen molar-refractivity contribution in [1.29, 1.82) is 0 Å². The molecule has 0 fully saturated rings. The average Bonchev–Trinajstić information content (AvgIpc) is 2.25. The predicted molar refractivity (Wildman–Crippen MR) is 72.5 cm³/mol. The van der Waals surface area contributed by atoms with Crippen molar-refractivity contribution in [2.24, 2.45) is 0 Å². The zero-order valence-electron chi connectivity index (χ0n) is 10.2. The molecule has 94 valence electrons. The number of hydrogen-bond acceptors (Lipinski definition) is 3. The SMILES string of the molecule is COc1cc(Br)cc(NC(=O)CNC(C)C)c1. The smallest absolute Gasteiger partial charge is 0.238 e.